The number of nitrogens with zero attached hydrogens (tertiary/aromatic N) is 1. The standard InChI is InChI=1S/C17H13BrN2O5/c18-14-3-1-2-4-15(14)19-16(21)11-25-17(22)10-7-12-5-8-13(9-6-12)20(23)24/h1-10H,11H2,(H,19,21)/b10-7+. The van der Waals surface area contributed by atoms with Gasteiger partial charge < -0.3 is 10.1 Å². The quantitative estimate of drug-likeness (QED) is 0.343. The highest BCUT2D eigenvalue weighted by Gasteiger charge is 2.08. The van der Waals surface area contributed by atoms with Crippen LogP contribution in [0.1, 0.15) is 5.56 Å². The van der Waals surface area contributed by atoms with Crippen LogP contribution in [-0.4, -0.2) is 23.4 Å². The molecule has 0 saturated carbocycles. The number of nitrogens with one attached hydrogen (secondary N) is 1. The number of ether oxygens (including phenoxy) is 1. The zero-order valence-corrected chi connectivity index (χ0v) is 14.4. The van der Waals surface area contributed by atoms with Crippen molar-refractivity contribution in [1.82, 2.24) is 0 Å². The summed E-state index contributed by atoms with van der Waals surface area (Å²) in [6.45, 7) is -0.426. The van der Waals surface area contributed by atoms with E-state index < -0.39 is 23.4 Å². The van der Waals surface area contributed by atoms with Gasteiger partial charge in [-0.3, -0.25) is 14.9 Å². The summed E-state index contributed by atoms with van der Waals surface area (Å²) in [7, 11) is 0. The summed E-state index contributed by atoms with van der Waals surface area (Å²) in [4.78, 5) is 33.4. The van der Waals surface area contributed by atoms with Crippen LogP contribution in [0.2, 0.25) is 0 Å². The highest BCUT2D eigenvalue weighted by atomic mass is 79.9. The minimum Gasteiger partial charge on any atom is -0.452 e. The molecule has 0 aromatic heterocycles. The highest BCUT2D eigenvalue weighted by Crippen LogP contribution is 2.20. The number of non-ortho nitro benzene ring substituents is 1. The molecule has 0 spiro atoms. The fourth-order valence-corrected chi connectivity index (χ4v) is 2.19. The third kappa shape index (κ3) is 5.85. The fourth-order valence-electron chi connectivity index (χ4n) is 1.81. The molecule has 0 atom stereocenters. The van der Waals surface area contributed by atoms with E-state index in [-0.39, 0.29) is 5.69 Å². The number of nitro benzene ring substituents is 1. The van der Waals surface area contributed by atoms with Crippen molar-refractivity contribution in [2.75, 3.05) is 11.9 Å². The van der Waals surface area contributed by atoms with Crippen molar-refractivity contribution in [3.8, 4) is 0 Å². The minimum atomic E-state index is -0.694. The minimum absolute atomic E-state index is 0.0385. The van der Waals surface area contributed by atoms with Crippen molar-refractivity contribution in [2.45, 2.75) is 0 Å². The van der Waals surface area contributed by atoms with Crippen LogP contribution < -0.4 is 5.32 Å². The van der Waals surface area contributed by atoms with Crippen LogP contribution in [0.3, 0.4) is 0 Å². The maximum atomic E-state index is 11.7. The van der Waals surface area contributed by atoms with Gasteiger partial charge in [-0.25, -0.2) is 4.79 Å². The molecule has 2 aromatic rings. The summed E-state index contributed by atoms with van der Waals surface area (Å²) in [5.41, 5.74) is 1.13. The Morgan fingerprint density at radius 3 is 2.48 bits per heavy atom. The number of nitro groups is 1. The van der Waals surface area contributed by atoms with Crippen molar-refractivity contribution in [1.29, 1.82) is 0 Å². The van der Waals surface area contributed by atoms with Crippen LogP contribution in [0.25, 0.3) is 6.08 Å². The van der Waals surface area contributed by atoms with Gasteiger partial charge in [0.05, 0.1) is 10.6 Å². The number of para-hydroxylation sites is 1. The maximum absolute atomic E-state index is 11.7. The van der Waals surface area contributed by atoms with Crippen LogP contribution in [0.4, 0.5) is 11.4 Å². The van der Waals surface area contributed by atoms with Crippen LogP contribution in [0.5, 0.6) is 0 Å². The third-order valence-electron chi connectivity index (χ3n) is 3.01. The Morgan fingerprint density at radius 2 is 1.84 bits per heavy atom. The average molecular weight is 405 g/mol. The van der Waals surface area contributed by atoms with Gasteiger partial charge in [0.2, 0.25) is 0 Å². The number of hydrogen-bond acceptors (Lipinski definition) is 5. The number of rotatable bonds is 6. The van der Waals surface area contributed by atoms with E-state index in [4.69, 9.17) is 4.74 Å². The molecule has 1 N–H and O–H groups in total. The summed E-state index contributed by atoms with van der Waals surface area (Å²) < 4.78 is 5.55. The van der Waals surface area contributed by atoms with Gasteiger partial charge in [-0.05, 0) is 51.8 Å². The molecule has 8 heteroatoms. The Hall–Kier alpha value is -3.00. The molecule has 0 aliphatic carbocycles. The molecule has 25 heavy (non-hydrogen) atoms. The van der Waals surface area contributed by atoms with E-state index in [1.165, 1.54) is 30.3 Å². The largest absolute Gasteiger partial charge is 0.452 e. The number of amides is 1. The molecule has 0 aliphatic rings. The molecule has 0 radical (unpaired) electrons. The van der Waals surface area contributed by atoms with Gasteiger partial charge in [0.25, 0.3) is 11.6 Å². The van der Waals surface area contributed by atoms with Gasteiger partial charge in [-0.15, -0.1) is 0 Å². The lowest BCUT2D eigenvalue weighted by molar-refractivity contribution is -0.384. The lowest BCUT2D eigenvalue weighted by Gasteiger charge is -2.06. The number of carbonyl (C=O) groups is 2. The Labute approximate surface area is 151 Å². The average Bonchev–Trinajstić information content (AvgIpc) is 2.60. The number of halogens is 1. The zero-order chi connectivity index (χ0) is 18.2. The van der Waals surface area contributed by atoms with Crippen molar-refractivity contribution in [3.63, 3.8) is 0 Å². The predicted molar refractivity (Wildman–Crippen MR) is 95.9 cm³/mol. The molecular formula is C17H13BrN2O5. The number of benzene rings is 2. The van der Waals surface area contributed by atoms with Gasteiger partial charge in [0.15, 0.2) is 6.61 Å². The first kappa shape index (κ1) is 18.3. The van der Waals surface area contributed by atoms with E-state index in [0.717, 1.165) is 6.08 Å². The second-order valence-corrected chi connectivity index (χ2v) is 5.67. The third-order valence-corrected chi connectivity index (χ3v) is 3.70. The Kier molecular flexibility index (Phi) is 6.41. The van der Waals surface area contributed by atoms with Crippen LogP contribution in [-0.2, 0) is 14.3 Å². The summed E-state index contributed by atoms with van der Waals surface area (Å²) in [6, 6.07) is 12.7. The topological polar surface area (TPSA) is 98.5 Å². The number of hydrogen-bond donors (Lipinski definition) is 1. The first-order valence-corrected chi connectivity index (χ1v) is 7.88. The Bertz CT molecular complexity index is 818. The maximum Gasteiger partial charge on any atom is 0.331 e. The second-order valence-electron chi connectivity index (χ2n) is 4.82. The molecule has 7 nitrogen and oxygen atoms in total. The first-order valence-electron chi connectivity index (χ1n) is 7.09. The summed E-state index contributed by atoms with van der Waals surface area (Å²) in [6.07, 6.45) is 2.59. The van der Waals surface area contributed by atoms with Crippen molar-refractivity contribution in [2.24, 2.45) is 0 Å². The number of carbonyl (C=O) groups excluding carboxylic acids is 2. The lowest BCUT2D eigenvalue weighted by atomic mass is 10.2. The van der Waals surface area contributed by atoms with Crippen molar-refractivity contribution < 1.29 is 19.2 Å². The smallest absolute Gasteiger partial charge is 0.331 e. The SMILES string of the molecule is O=C(COC(=O)/C=C/c1ccc([N+](=O)[O-])cc1)Nc1ccccc1Br. The molecule has 2 rings (SSSR count). The summed E-state index contributed by atoms with van der Waals surface area (Å²) in [5, 5.41) is 13.2. The monoisotopic (exact) mass is 404 g/mol. The molecule has 0 unspecified atom stereocenters. The Balaban J connectivity index is 1.82. The van der Waals surface area contributed by atoms with Gasteiger partial charge in [0, 0.05) is 22.7 Å². The van der Waals surface area contributed by atoms with E-state index in [9.17, 15) is 19.7 Å². The number of esters is 1. The van der Waals surface area contributed by atoms with Gasteiger partial charge in [0.1, 0.15) is 0 Å². The van der Waals surface area contributed by atoms with Crippen LogP contribution >= 0.6 is 15.9 Å². The van der Waals surface area contributed by atoms with E-state index in [1.807, 2.05) is 6.07 Å². The van der Waals surface area contributed by atoms with E-state index in [0.29, 0.717) is 15.7 Å². The van der Waals surface area contributed by atoms with Crippen LogP contribution in [0.15, 0.2) is 59.1 Å². The predicted octanol–water partition coefficient (Wildman–Crippen LogP) is 3.55. The summed E-state index contributed by atoms with van der Waals surface area (Å²) in [5.74, 6) is -1.16. The molecule has 0 heterocycles. The van der Waals surface area contributed by atoms with Crippen molar-refractivity contribution >= 4 is 45.3 Å². The van der Waals surface area contributed by atoms with E-state index >= 15 is 0 Å². The molecular weight excluding hydrogens is 392 g/mol. The fraction of sp³-hybridized carbons (Fsp3) is 0.0588. The van der Waals surface area contributed by atoms with Gasteiger partial charge >= 0.3 is 5.97 Å². The first-order chi connectivity index (χ1) is 12.0. The lowest BCUT2D eigenvalue weighted by Crippen LogP contribution is -2.20. The Morgan fingerprint density at radius 1 is 1.16 bits per heavy atom. The highest BCUT2D eigenvalue weighted by molar-refractivity contribution is 9.10. The molecule has 0 aliphatic heterocycles. The van der Waals surface area contributed by atoms with Crippen LogP contribution in [0, 0.1) is 10.1 Å². The molecule has 0 fully saturated rings. The molecule has 0 saturated heterocycles. The normalized spacial score (nSPS) is 10.4. The molecule has 1 amide bonds. The summed E-state index contributed by atoms with van der Waals surface area (Å²) >= 11 is 3.29. The van der Waals surface area contributed by atoms with E-state index in [1.54, 1.807) is 18.2 Å². The zero-order valence-electron chi connectivity index (χ0n) is 12.8. The van der Waals surface area contributed by atoms with Gasteiger partial charge in [-0.1, -0.05) is 12.1 Å². The molecule has 2 aromatic carbocycles. The van der Waals surface area contributed by atoms with Gasteiger partial charge in [-0.2, -0.15) is 0 Å². The van der Waals surface area contributed by atoms with E-state index in [2.05, 4.69) is 21.2 Å². The number of anilines is 1. The van der Waals surface area contributed by atoms with Crippen molar-refractivity contribution in [3.05, 3.63) is 74.8 Å². The molecule has 0 bridgehead atoms. The second kappa shape index (κ2) is 8.74. The molecule has 128 valence electrons.